The number of aromatic nitrogens is 3. The third-order valence-electron chi connectivity index (χ3n) is 2.70. The van der Waals surface area contributed by atoms with Crippen molar-refractivity contribution in [3.8, 4) is 0 Å². The monoisotopic (exact) mass is 242 g/mol. The van der Waals surface area contributed by atoms with Crippen molar-refractivity contribution in [3.63, 3.8) is 0 Å². The van der Waals surface area contributed by atoms with Crippen LogP contribution in [0.5, 0.6) is 0 Å². The van der Waals surface area contributed by atoms with Gasteiger partial charge in [0, 0.05) is 5.69 Å². The molecule has 0 radical (unpaired) electrons. The Balaban J connectivity index is 1.79. The summed E-state index contributed by atoms with van der Waals surface area (Å²) in [4.78, 5) is 0. The molecule has 0 spiro atoms. The lowest BCUT2D eigenvalue weighted by molar-refractivity contribution is 0.627. The Labute approximate surface area is 103 Å². The van der Waals surface area contributed by atoms with Crippen LogP contribution in [0.4, 0.5) is 10.1 Å². The fourth-order valence-corrected chi connectivity index (χ4v) is 1.77. The highest BCUT2D eigenvalue weighted by Gasteiger charge is 2.02. The molecule has 4 nitrogen and oxygen atoms in total. The molecule has 2 aromatic carbocycles. The van der Waals surface area contributed by atoms with Crippen molar-refractivity contribution in [2.45, 2.75) is 6.67 Å². The normalized spacial score (nSPS) is 10.7. The highest BCUT2D eigenvalue weighted by atomic mass is 19.1. The van der Waals surface area contributed by atoms with E-state index < -0.39 is 0 Å². The molecule has 1 N–H and O–H groups in total. The Bertz CT molecular complexity index is 660. The van der Waals surface area contributed by atoms with Crippen LogP contribution in [0.15, 0.2) is 48.5 Å². The van der Waals surface area contributed by atoms with Gasteiger partial charge >= 0.3 is 0 Å². The zero-order chi connectivity index (χ0) is 12.4. The topological polar surface area (TPSA) is 42.7 Å². The summed E-state index contributed by atoms with van der Waals surface area (Å²) in [5.41, 5.74) is 2.67. The van der Waals surface area contributed by atoms with Crippen molar-refractivity contribution >= 4 is 16.7 Å². The first kappa shape index (κ1) is 10.7. The number of hydrogen-bond donors (Lipinski definition) is 1. The number of rotatable bonds is 3. The summed E-state index contributed by atoms with van der Waals surface area (Å²) in [6.07, 6.45) is 0. The van der Waals surface area contributed by atoms with Gasteiger partial charge in [-0.15, -0.1) is 5.10 Å². The van der Waals surface area contributed by atoms with Crippen molar-refractivity contribution < 1.29 is 4.39 Å². The van der Waals surface area contributed by atoms with Crippen molar-refractivity contribution in [1.82, 2.24) is 15.0 Å². The van der Waals surface area contributed by atoms with E-state index in [2.05, 4.69) is 15.6 Å². The van der Waals surface area contributed by atoms with Gasteiger partial charge in [-0.2, -0.15) is 0 Å². The van der Waals surface area contributed by atoms with E-state index in [1.807, 2.05) is 24.3 Å². The third-order valence-corrected chi connectivity index (χ3v) is 2.70. The predicted octanol–water partition coefficient (Wildman–Crippen LogP) is 2.64. The fourth-order valence-electron chi connectivity index (χ4n) is 1.77. The first-order valence-electron chi connectivity index (χ1n) is 5.60. The van der Waals surface area contributed by atoms with Crippen LogP contribution in [-0.4, -0.2) is 15.0 Å². The molecule has 3 aromatic rings. The predicted molar refractivity (Wildman–Crippen MR) is 67.6 cm³/mol. The molecule has 1 aromatic heterocycles. The molecule has 0 amide bonds. The van der Waals surface area contributed by atoms with Crippen LogP contribution in [0.2, 0.25) is 0 Å². The summed E-state index contributed by atoms with van der Waals surface area (Å²) in [6, 6.07) is 14.0. The van der Waals surface area contributed by atoms with Crippen LogP contribution >= 0.6 is 0 Å². The van der Waals surface area contributed by atoms with E-state index in [-0.39, 0.29) is 5.82 Å². The molecule has 3 rings (SSSR count). The van der Waals surface area contributed by atoms with Gasteiger partial charge in [-0.05, 0) is 36.4 Å². The first-order chi connectivity index (χ1) is 8.83. The van der Waals surface area contributed by atoms with Gasteiger partial charge in [0.15, 0.2) is 0 Å². The second kappa shape index (κ2) is 4.44. The first-order valence-corrected chi connectivity index (χ1v) is 5.60. The number of nitrogens with one attached hydrogen (secondary N) is 1. The smallest absolute Gasteiger partial charge is 0.123 e. The number of fused-ring (bicyclic) bond motifs is 1. The second-order valence-electron chi connectivity index (χ2n) is 3.92. The standard InChI is InChI=1S/C13H11FN4/c14-10-5-7-11(8-6-10)15-9-18-13-4-2-1-3-12(13)16-17-18/h1-8,15H,9H2. The lowest BCUT2D eigenvalue weighted by atomic mass is 10.3. The maximum atomic E-state index is 12.8. The van der Waals surface area contributed by atoms with Crippen LogP contribution in [0.1, 0.15) is 0 Å². The molecule has 0 saturated carbocycles. The Morgan fingerprint density at radius 3 is 2.67 bits per heavy atom. The van der Waals surface area contributed by atoms with Gasteiger partial charge in [0.2, 0.25) is 0 Å². The average molecular weight is 242 g/mol. The minimum atomic E-state index is -0.244. The van der Waals surface area contributed by atoms with Gasteiger partial charge < -0.3 is 5.32 Å². The molecular formula is C13H11FN4. The van der Waals surface area contributed by atoms with Crippen LogP contribution in [0.3, 0.4) is 0 Å². The Morgan fingerprint density at radius 1 is 1.06 bits per heavy atom. The highest BCUT2D eigenvalue weighted by Crippen LogP contribution is 2.11. The van der Waals surface area contributed by atoms with E-state index in [1.165, 1.54) is 12.1 Å². The molecule has 0 aliphatic carbocycles. The van der Waals surface area contributed by atoms with Gasteiger partial charge in [0.25, 0.3) is 0 Å². The van der Waals surface area contributed by atoms with E-state index in [0.717, 1.165) is 16.7 Å². The van der Waals surface area contributed by atoms with E-state index in [1.54, 1.807) is 16.8 Å². The number of anilines is 1. The van der Waals surface area contributed by atoms with Gasteiger partial charge in [0.1, 0.15) is 18.0 Å². The van der Waals surface area contributed by atoms with Gasteiger partial charge in [-0.1, -0.05) is 17.3 Å². The van der Waals surface area contributed by atoms with Crippen molar-refractivity contribution in [1.29, 1.82) is 0 Å². The molecule has 0 bridgehead atoms. The van der Waals surface area contributed by atoms with Crippen LogP contribution in [0, 0.1) is 5.82 Å². The molecule has 0 saturated heterocycles. The maximum Gasteiger partial charge on any atom is 0.123 e. The minimum absolute atomic E-state index is 0.244. The van der Waals surface area contributed by atoms with E-state index >= 15 is 0 Å². The Kier molecular flexibility index (Phi) is 2.64. The van der Waals surface area contributed by atoms with Crippen molar-refractivity contribution in [2.24, 2.45) is 0 Å². The Hall–Kier alpha value is -2.43. The molecule has 0 aliphatic rings. The zero-order valence-electron chi connectivity index (χ0n) is 9.55. The van der Waals surface area contributed by atoms with E-state index in [4.69, 9.17) is 0 Å². The van der Waals surface area contributed by atoms with Crippen LogP contribution in [-0.2, 0) is 6.67 Å². The number of halogens is 1. The molecule has 90 valence electrons. The minimum Gasteiger partial charge on any atom is -0.366 e. The quantitative estimate of drug-likeness (QED) is 0.767. The molecular weight excluding hydrogens is 231 g/mol. The number of hydrogen-bond acceptors (Lipinski definition) is 3. The molecule has 0 atom stereocenters. The lowest BCUT2D eigenvalue weighted by Crippen LogP contribution is -2.09. The second-order valence-corrected chi connectivity index (χ2v) is 3.92. The third kappa shape index (κ3) is 2.02. The molecule has 0 fully saturated rings. The van der Waals surface area contributed by atoms with Gasteiger partial charge in [0.05, 0.1) is 5.52 Å². The van der Waals surface area contributed by atoms with Crippen LogP contribution in [0.25, 0.3) is 11.0 Å². The molecule has 0 aliphatic heterocycles. The zero-order valence-corrected chi connectivity index (χ0v) is 9.55. The molecule has 5 heteroatoms. The summed E-state index contributed by atoms with van der Waals surface area (Å²) < 4.78 is 14.5. The summed E-state index contributed by atoms with van der Waals surface area (Å²) in [5.74, 6) is -0.244. The van der Waals surface area contributed by atoms with Gasteiger partial charge in [-0.3, -0.25) is 0 Å². The van der Waals surface area contributed by atoms with Crippen LogP contribution < -0.4 is 5.32 Å². The summed E-state index contributed by atoms with van der Waals surface area (Å²) in [7, 11) is 0. The Morgan fingerprint density at radius 2 is 1.83 bits per heavy atom. The highest BCUT2D eigenvalue weighted by molar-refractivity contribution is 5.73. The molecule has 0 unspecified atom stereocenters. The number of para-hydroxylation sites is 1. The molecule has 18 heavy (non-hydrogen) atoms. The molecule has 1 heterocycles. The number of benzene rings is 2. The lowest BCUT2D eigenvalue weighted by Gasteiger charge is -2.06. The van der Waals surface area contributed by atoms with Crippen molar-refractivity contribution in [3.05, 3.63) is 54.3 Å². The average Bonchev–Trinajstić information content (AvgIpc) is 2.82. The number of nitrogens with zero attached hydrogens (tertiary/aromatic N) is 3. The van der Waals surface area contributed by atoms with Crippen molar-refractivity contribution in [2.75, 3.05) is 5.32 Å². The SMILES string of the molecule is Fc1ccc(NCn2nnc3ccccc32)cc1. The van der Waals surface area contributed by atoms with E-state index in [0.29, 0.717) is 6.67 Å². The summed E-state index contributed by atoms with van der Waals surface area (Å²) in [5, 5.41) is 11.3. The van der Waals surface area contributed by atoms with E-state index in [9.17, 15) is 4.39 Å². The maximum absolute atomic E-state index is 12.8. The fraction of sp³-hybridized carbons (Fsp3) is 0.0769. The summed E-state index contributed by atoms with van der Waals surface area (Å²) >= 11 is 0. The summed E-state index contributed by atoms with van der Waals surface area (Å²) in [6.45, 7) is 0.492. The largest absolute Gasteiger partial charge is 0.366 e. The van der Waals surface area contributed by atoms with Gasteiger partial charge in [-0.25, -0.2) is 9.07 Å².